The van der Waals surface area contributed by atoms with Crippen molar-refractivity contribution < 1.29 is 14.3 Å². The minimum atomic E-state index is -0.496. The molecule has 1 rings (SSSR count). The Labute approximate surface area is 92.9 Å². The summed E-state index contributed by atoms with van der Waals surface area (Å²) in [6.45, 7) is 0.548. The molecule has 0 aliphatic carbocycles. The van der Waals surface area contributed by atoms with Gasteiger partial charge in [0.05, 0.1) is 22.9 Å². The van der Waals surface area contributed by atoms with Crippen molar-refractivity contribution in [2.24, 2.45) is 0 Å². The standard InChI is InChI=1S/C10H12ClNO3/c1-14-5-6-15-10(13)7-3-2-4-8(12)9(7)11/h2-4H,5-6,12H2,1H3. The molecule has 0 aromatic heterocycles. The van der Waals surface area contributed by atoms with Gasteiger partial charge in [0.1, 0.15) is 6.61 Å². The van der Waals surface area contributed by atoms with Crippen LogP contribution in [-0.4, -0.2) is 26.3 Å². The smallest absolute Gasteiger partial charge is 0.339 e. The van der Waals surface area contributed by atoms with Crippen LogP contribution in [0.4, 0.5) is 5.69 Å². The lowest BCUT2D eigenvalue weighted by Gasteiger charge is -2.06. The number of benzene rings is 1. The Kier molecular flexibility index (Phi) is 4.39. The highest BCUT2D eigenvalue weighted by molar-refractivity contribution is 6.36. The number of nitrogen functional groups attached to an aromatic ring is 1. The van der Waals surface area contributed by atoms with Gasteiger partial charge in [0.15, 0.2) is 0 Å². The lowest BCUT2D eigenvalue weighted by atomic mass is 10.2. The fraction of sp³-hybridized carbons (Fsp3) is 0.300. The van der Waals surface area contributed by atoms with Crippen molar-refractivity contribution in [2.45, 2.75) is 0 Å². The van der Waals surface area contributed by atoms with Crippen molar-refractivity contribution in [3.8, 4) is 0 Å². The lowest BCUT2D eigenvalue weighted by molar-refractivity contribution is 0.0388. The Morgan fingerprint density at radius 1 is 1.47 bits per heavy atom. The summed E-state index contributed by atoms with van der Waals surface area (Å²) in [5, 5.41) is 0.222. The van der Waals surface area contributed by atoms with E-state index in [0.717, 1.165) is 0 Å². The molecule has 0 unspecified atom stereocenters. The van der Waals surface area contributed by atoms with Gasteiger partial charge in [-0.1, -0.05) is 17.7 Å². The molecule has 1 aromatic rings. The number of methoxy groups -OCH3 is 1. The number of ether oxygens (including phenoxy) is 2. The first-order valence-electron chi connectivity index (χ1n) is 4.37. The van der Waals surface area contributed by atoms with Crippen LogP contribution >= 0.6 is 11.6 Å². The van der Waals surface area contributed by atoms with Crippen LogP contribution in [0.3, 0.4) is 0 Å². The molecule has 82 valence electrons. The molecule has 0 bridgehead atoms. The number of hydrogen-bond donors (Lipinski definition) is 1. The van der Waals surface area contributed by atoms with E-state index in [9.17, 15) is 4.79 Å². The van der Waals surface area contributed by atoms with Gasteiger partial charge >= 0.3 is 5.97 Å². The maximum absolute atomic E-state index is 11.5. The minimum absolute atomic E-state index is 0.195. The molecule has 0 atom stereocenters. The van der Waals surface area contributed by atoms with E-state index in [1.54, 1.807) is 18.2 Å². The minimum Gasteiger partial charge on any atom is -0.460 e. The van der Waals surface area contributed by atoms with Gasteiger partial charge in [-0.3, -0.25) is 0 Å². The third-order valence-corrected chi connectivity index (χ3v) is 2.19. The van der Waals surface area contributed by atoms with E-state index < -0.39 is 5.97 Å². The highest BCUT2D eigenvalue weighted by atomic mass is 35.5. The second-order valence-corrected chi connectivity index (χ2v) is 3.22. The fourth-order valence-corrected chi connectivity index (χ4v) is 1.21. The zero-order valence-corrected chi connectivity index (χ0v) is 9.08. The van der Waals surface area contributed by atoms with Crippen LogP contribution in [0.15, 0.2) is 18.2 Å². The van der Waals surface area contributed by atoms with E-state index in [2.05, 4.69) is 0 Å². The monoisotopic (exact) mass is 229 g/mol. The molecule has 0 radical (unpaired) electrons. The zero-order chi connectivity index (χ0) is 11.3. The van der Waals surface area contributed by atoms with Crippen molar-refractivity contribution >= 4 is 23.3 Å². The van der Waals surface area contributed by atoms with E-state index in [4.69, 9.17) is 26.8 Å². The van der Waals surface area contributed by atoms with E-state index in [1.165, 1.54) is 7.11 Å². The highest BCUT2D eigenvalue weighted by Crippen LogP contribution is 2.23. The number of anilines is 1. The maximum atomic E-state index is 11.5. The summed E-state index contributed by atoms with van der Waals surface area (Å²) in [7, 11) is 1.53. The maximum Gasteiger partial charge on any atom is 0.339 e. The predicted molar refractivity (Wildman–Crippen MR) is 58.0 cm³/mol. The Morgan fingerprint density at radius 3 is 2.87 bits per heavy atom. The Morgan fingerprint density at radius 2 is 2.20 bits per heavy atom. The number of esters is 1. The topological polar surface area (TPSA) is 61.5 Å². The predicted octanol–water partition coefficient (Wildman–Crippen LogP) is 1.73. The number of nitrogens with two attached hydrogens (primary N) is 1. The van der Waals surface area contributed by atoms with Gasteiger partial charge in [-0.05, 0) is 12.1 Å². The molecule has 0 saturated heterocycles. The first-order valence-corrected chi connectivity index (χ1v) is 4.74. The first kappa shape index (κ1) is 11.8. The molecule has 0 aliphatic heterocycles. The van der Waals surface area contributed by atoms with E-state index >= 15 is 0 Å². The molecule has 2 N–H and O–H groups in total. The molecular weight excluding hydrogens is 218 g/mol. The molecule has 5 heteroatoms. The number of rotatable bonds is 4. The molecule has 0 aliphatic rings. The lowest BCUT2D eigenvalue weighted by Crippen LogP contribution is -2.10. The summed E-state index contributed by atoms with van der Waals surface area (Å²) in [5.74, 6) is -0.496. The number of carbonyl (C=O) groups is 1. The normalized spacial score (nSPS) is 10.0. The Hall–Kier alpha value is -1.26. The molecule has 4 nitrogen and oxygen atoms in total. The van der Waals surface area contributed by atoms with Gasteiger partial charge in [0.25, 0.3) is 0 Å². The van der Waals surface area contributed by atoms with Crippen molar-refractivity contribution in [2.75, 3.05) is 26.1 Å². The highest BCUT2D eigenvalue weighted by Gasteiger charge is 2.12. The number of halogens is 1. The summed E-state index contributed by atoms with van der Waals surface area (Å²) in [6.07, 6.45) is 0. The third kappa shape index (κ3) is 3.11. The summed E-state index contributed by atoms with van der Waals surface area (Å²) in [6, 6.07) is 4.83. The molecule has 0 amide bonds. The summed E-state index contributed by atoms with van der Waals surface area (Å²) in [4.78, 5) is 11.5. The third-order valence-electron chi connectivity index (χ3n) is 1.77. The van der Waals surface area contributed by atoms with E-state index in [-0.39, 0.29) is 17.2 Å². The van der Waals surface area contributed by atoms with Crippen LogP contribution in [0.5, 0.6) is 0 Å². The van der Waals surface area contributed by atoms with Gasteiger partial charge < -0.3 is 15.2 Å². The summed E-state index contributed by atoms with van der Waals surface area (Å²) in [5.41, 5.74) is 6.18. The van der Waals surface area contributed by atoms with Crippen LogP contribution < -0.4 is 5.73 Å². The average Bonchev–Trinajstić information content (AvgIpc) is 2.22. The molecular formula is C10H12ClNO3. The Balaban J connectivity index is 2.69. The fourth-order valence-electron chi connectivity index (χ4n) is 1.00. The second kappa shape index (κ2) is 5.58. The van der Waals surface area contributed by atoms with Crippen LogP contribution in [0.2, 0.25) is 5.02 Å². The molecule has 0 heterocycles. The van der Waals surface area contributed by atoms with Gasteiger partial charge in [0.2, 0.25) is 0 Å². The summed E-state index contributed by atoms with van der Waals surface area (Å²) >= 11 is 5.84. The second-order valence-electron chi connectivity index (χ2n) is 2.84. The molecule has 0 spiro atoms. The molecule has 0 saturated carbocycles. The molecule has 0 fully saturated rings. The van der Waals surface area contributed by atoms with Gasteiger partial charge in [-0.25, -0.2) is 4.79 Å². The first-order chi connectivity index (χ1) is 7.16. The van der Waals surface area contributed by atoms with Crippen molar-refractivity contribution in [1.29, 1.82) is 0 Å². The van der Waals surface area contributed by atoms with Crippen LogP contribution in [0.25, 0.3) is 0 Å². The van der Waals surface area contributed by atoms with Gasteiger partial charge in [-0.2, -0.15) is 0 Å². The molecule has 15 heavy (non-hydrogen) atoms. The van der Waals surface area contributed by atoms with Crippen LogP contribution in [-0.2, 0) is 9.47 Å². The van der Waals surface area contributed by atoms with Crippen LogP contribution in [0.1, 0.15) is 10.4 Å². The quantitative estimate of drug-likeness (QED) is 0.485. The van der Waals surface area contributed by atoms with Crippen molar-refractivity contribution in [3.05, 3.63) is 28.8 Å². The van der Waals surface area contributed by atoms with E-state index in [1.807, 2.05) is 0 Å². The SMILES string of the molecule is COCCOC(=O)c1cccc(N)c1Cl. The average molecular weight is 230 g/mol. The van der Waals surface area contributed by atoms with Gasteiger partial charge in [0, 0.05) is 7.11 Å². The number of carbonyl (C=O) groups excluding carboxylic acids is 1. The van der Waals surface area contributed by atoms with Crippen LogP contribution in [0, 0.1) is 0 Å². The number of hydrogen-bond acceptors (Lipinski definition) is 4. The molecule has 1 aromatic carbocycles. The zero-order valence-electron chi connectivity index (χ0n) is 8.33. The Bertz CT molecular complexity index is 355. The van der Waals surface area contributed by atoms with E-state index in [0.29, 0.717) is 12.3 Å². The van der Waals surface area contributed by atoms with Gasteiger partial charge in [-0.15, -0.1) is 0 Å². The van der Waals surface area contributed by atoms with Crippen molar-refractivity contribution in [1.82, 2.24) is 0 Å². The van der Waals surface area contributed by atoms with Crippen molar-refractivity contribution in [3.63, 3.8) is 0 Å². The largest absolute Gasteiger partial charge is 0.460 e. The summed E-state index contributed by atoms with van der Waals surface area (Å²) < 4.78 is 9.65.